The molecule has 0 aliphatic rings. The van der Waals surface area contributed by atoms with E-state index < -0.39 is 0 Å². The summed E-state index contributed by atoms with van der Waals surface area (Å²) in [4.78, 5) is 0. The second kappa shape index (κ2) is 5.02. The lowest BCUT2D eigenvalue weighted by molar-refractivity contribution is 1.43. The maximum Gasteiger partial charge on any atom is 0.0705 e. The predicted octanol–water partition coefficient (Wildman–Crippen LogP) is 3.80. The van der Waals surface area contributed by atoms with E-state index in [1.165, 1.54) is 0 Å². The highest BCUT2D eigenvalue weighted by Gasteiger charge is 2.09. The highest BCUT2D eigenvalue weighted by atomic mass is 35.5. The molecular formula is C14H13ClN2. The van der Waals surface area contributed by atoms with Gasteiger partial charge in [-0.1, -0.05) is 41.9 Å². The van der Waals surface area contributed by atoms with Gasteiger partial charge in [0.25, 0.3) is 0 Å². The molecule has 0 aliphatic heterocycles. The Morgan fingerprint density at radius 3 is 2.47 bits per heavy atom. The van der Waals surface area contributed by atoms with Gasteiger partial charge in [0, 0.05) is 28.9 Å². The number of benzene rings is 2. The summed E-state index contributed by atoms with van der Waals surface area (Å²) >= 11 is 5.98. The van der Waals surface area contributed by atoms with Gasteiger partial charge in [-0.05, 0) is 18.2 Å². The molecule has 0 aromatic heterocycles. The summed E-state index contributed by atoms with van der Waals surface area (Å²) < 4.78 is 0. The van der Waals surface area contributed by atoms with Crippen LogP contribution in [0.1, 0.15) is 11.1 Å². The van der Waals surface area contributed by atoms with Gasteiger partial charge in [-0.15, -0.1) is 0 Å². The van der Waals surface area contributed by atoms with Crippen LogP contribution in [0.2, 0.25) is 5.02 Å². The largest absolute Gasteiger partial charge is 0.388 e. The second-order valence-electron chi connectivity index (χ2n) is 3.68. The molecule has 2 N–H and O–H groups in total. The molecule has 0 saturated heterocycles. The fraction of sp³-hybridized carbons (Fsp3) is 0.0714. The van der Waals surface area contributed by atoms with Gasteiger partial charge < -0.3 is 5.32 Å². The van der Waals surface area contributed by atoms with E-state index in [1.54, 1.807) is 0 Å². The quantitative estimate of drug-likeness (QED) is 0.792. The zero-order valence-corrected chi connectivity index (χ0v) is 10.3. The molecule has 0 amide bonds. The molecule has 0 saturated carbocycles. The van der Waals surface area contributed by atoms with Gasteiger partial charge in [0.05, 0.1) is 5.71 Å². The van der Waals surface area contributed by atoms with Crippen LogP contribution in [-0.4, -0.2) is 12.8 Å². The Morgan fingerprint density at radius 2 is 1.82 bits per heavy atom. The standard InChI is InChI=1S/C14H13ClN2/c1-17-13-8-7-11(15)9-12(13)14(16)10-5-3-2-4-6-10/h2-9,16-17H,1H3. The minimum atomic E-state index is 0.470. The third-order valence-electron chi connectivity index (χ3n) is 2.58. The Hall–Kier alpha value is -1.80. The number of nitrogens with one attached hydrogen (secondary N) is 2. The van der Waals surface area contributed by atoms with E-state index in [-0.39, 0.29) is 0 Å². The van der Waals surface area contributed by atoms with Gasteiger partial charge in [0.2, 0.25) is 0 Å². The monoisotopic (exact) mass is 244 g/mol. The summed E-state index contributed by atoms with van der Waals surface area (Å²) in [5.74, 6) is 0. The summed E-state index contributed by atoms with van der Waals surface area (Å²) in [6.45, 7) is 0. The normalized spacial score (nSPS) is 10.0. The van der Waals surface area contributed by atoms with Gasteiger partial charge in [-0.2, -0.15) is 0 Å². The zero-order valence-electron chi connectivity index (χ0n) is 9.50. The van der Waals surface area contributed by atoms with Gasteiger partial charge in [0.15, 0.2) is 0 Å². The van der Waals surface area contributed by atoms with E-state index in [4.69, 9.17) is 17.0 Å². The molecule has 0 bridgehead atoms. The van der Waals surface area contributed by atoms with E-state index in [9.17, 15) is 0 Å². The van der Waals surface area contributed by atoms with Crippen molar-refractivity contribution in [2.45, 2.75) is 0 Å². The summed E-state index contributed by atoms with van der Waals surface area (Å²) in [5, 5.41) is 11.9. The topological polar surface area (TPSA) is 35.9 Å². The number of hydrogen-bond acceptors (Lipinski definition) is 2. The lowest BCUT2D eigenvalue weighted by Gasteiger charge is -2.11. The summed E-state index contributed by atoms with van der Waals surface area (Å²) in [5.41, 5.74) is 3.07. The fourth-order valence-electron chi connectivity index (χ4n) is 1.70. The average Bonchev–Trinajstić information content (AvgIpc) is 2.39. The summed E-state index contributed by atoms with van der Waals surface area (Å²) in [6.07, 6.45) is 0. The van der Waals surface area contributed by atoms with Gasteiger partial charge in [0.1, 0.15) is 0 Å². The molecule has 0 spiro atoms. The van der Waals surface area contributed by atoms with E-state index in [0.29, 0.717) is 10.7 Å². The first-order chi connectivity index (χ1) is 8.22. The summed E-state index contributed by atoms with van der Waals surface area (Å²) in [6, 6.07) is 15.1. The Labute approximate surface area is 106 Å². The lowest BCUT2D eigenvalue weighted by atomic mass is 10.0. The first kappa shape index (κ1) is 11.7. The molecule has 2 nitrogen and oxygen atoms in total. The van der Waals surface area contributed by atoms with Crippen LogP contribution in [0.5, 0.6) is 0 Å². The van der Waals surface area contributed by atoms with Gasteiger partial charge >= 0.3 is 0 Å². The van der Waals surface area contributed by atoms with Crippen LogP contribution in [0.3, 0.4) is 0 Å². The molecular weight excluding hydrogens is 232 g/mol. The van der Waals surface area contributed by atoms with Crippen molar-refractivity contribution in [1.82, 2.24) is 0 Å². The number of halogens is 1. The van der Waals surface area contributed by atoms with Gasteiger partial charge in [-0.25, -0.2) is 0 Å². The van der Waals surface area contributed by atoms with Crippen molar-refractivity contribution in [3.8, 4) is 0 Å². The molecule has 0 unspecified atom stereocenters. The highest BCUT2D eigenvalue weighted by molar-refractivity contribution is 6.31. The Morgan fingerprint density at radius 1 is 1.12 bits per heavy atom. The first-order valence-corrected chi connectivity index (χ1v) is 5.72. The predicted molar refractivity (Wildman–Crippen MR) is 73.4 cm³/mol. The van der Waals surface area contributed by atoms with E-state index in [1.807, 2.05) is 55.6 Å². The summed E-state index contributed by atoms with van der Waals surface area (Å²) in [7, 11) is 1.84. The Bertz CT molecular complexity index is 535. The second-order valence-corrected chi connectivity index (χ2v) is 4.12. The maximum atomic E-state index is 8.21. The molecule has 17 heavy (non-hydrogen) atoms. The fourth-order valence-corrected chi connectivity index (χ4v) is 1.87. The average molecular weight is 245 g/mol. The van der Waals surface area contributed by atoms with Gasteiger partial charge in [-0.3, -0.25) is 5.41 Å². The number of hydrogen-bond donors (Lipinski definition) is 2. The minimum absolute atomic E-state index is 0.470. The number of anilines is 1. The molecule has 2 aromatic rings. The first-order valence-electron chi connectivity index (χ1n) is 5.34. The third kappa shape index (κ3) is 2.48. The zero-order chi connectivity index (χ0) is 12.3. The van der Waals surface area contributed by atoms with Crippen molar-refractivity contribution in [2.75, 3.05) is 12.4 Å². The molecule has 2 aromatic carbocycles. The molecule has 3 heteroatoms. The maximum absolute atomic E-state index is 8.21. The SMILES string of the molecule is CNc1ccc(Cl)cc1C(=N)c1ccccc1. The molecule has 0 radical (unpaired) electrons. The van der Waals surface area contributed by atoms with Crippen LogP contribution in [0, 0.1) is 5.41 Å². The number of rotatable bonds is 3. The van der Waals surface area contributed by atoms with Crippen molar-refractivity contribution < 1.29 is 0 Å². The third-order valence-corrected chi connectivity index (χ3v) is 2.82. The van der Waals surface area contributed by atoms with Crippen molar-refractivity contribution >= 4 is 23.0 Å². The molecule has 0 heterocycles. The van der Waals surface area contributed by atoms with Crippen LogP contribution >= 0.6 is 11.6 Å². The Kier molecular flexibility index (Phi) is 3.45. The van der Waals surface area contributed by atoms with E-state index in [0.717, 1.165) is 16.8 Å². The molecule has 2 rings (SSSR count). The van der Waals surface area contributed by atoms with Crippen molar-refractivity contribution in [3.63, 3.8) is 0 Å². The van der Waals surface area contributed by atoms with Crippen molar-refractivity contribution in [1.29, 1.82) is 5.41 Å². The minimum Gasteiger partial charge on any atom is -0.388 e. The van der Waals surface area contributed by atoms with Crippen LogP contribution in [0.15, 0.2) is 48.5 Å². The van der Waals surface area contributed by atoms with Crippen molar-refractivity contribution in [2.24, 2.45) is 0 Å². The van der Waals surface area contributed by atoms with Crippen molar-refractivity contribution in [3.05, 3.63) is 64.7 Å². The lowest BCUT2D eigenvalue weighted by Crippen LogP contribution is -2.05. The molecule has 0 atom stereocenters. The van der Waals surface area contributed by atoms with Crippen LogP contribution in [0.25, 0.3) is 0 Å². The van der Waals surface area contributed by atoms with Crippen LogP contribution in [0.4, 0.5) is 5.69 Å². The highest BCUT2D eigenvalue weighted by Crippen LogP contribution is 2.23. The molecule has 86 valence electrons. The smallest absolute Gasteiger partial charge is 0.0705 e. The molecule has 0 aliphatic carbocycles. The van der Waals surface area contributed by atoms with E-state index in [2.05, 4.69) is 5.32 Å². The Balaban J connectivity index is 2.47. The molecule has 0 fully saturated rings. The van der Waals surface area contributed by atoms with E-state index >= 15 is 0 Å². The van der Waals surface area contributed by atoms with Crippen LogP contribution in [-0.2, 0) is 0 Å². The van der Waals surface area contributed by atoms with Crippen LogP contribution < -0.4 is 5.32 Å².